The Balaban J connectivity index is 0.00000512. The summed E-state index contributed by atoms with van der Waals surface area (Å²) in [5.41, 5.74) is 11.3. The topological polar surface area (TPSA) is 33.5 Å². The molecule has 0 saturated carbocycles. The summed E-state index contributed by atoms with van der Waals surface area (Å²) in [5.74, 6) is 2.10. The van der Waals surface area contributed by atoms with E-state index in [4.69, 9.17) is 9.72 Å². The van der Waals surface area contributed by atoms with Gasteiger partial charge in [-0.15, -0.1) is 48.1 Å². The number of ether oxygens (including phenoxy) is 1. The number of anilines is 4. The molecule has 2 aromatic heterocycles. The Bertz CT molecular complexity index is 2640. The third-order valence-corrected chi connectivity index (χ3v) is 11.2. The number of nitrogens with zero attached hydrogens (tertiary/aromatic N) is 4. The molecule has 1 aliphatic rings. The van der Waals surface area contributed by atoms with Crippen molar-refractivity contribution in [1.82, 2.24) is 9.55 Å². The first-order valence-electron chi connectivity index (χ1n) is 20.1. The molecule has 1 aliphatic heterocycles. The summed E-state index contributed by atoms with van der Waals surface area (Å²) in [5, 5.41) is 2.26. The van der Waals surface area contributed by atoms with E-state index >= 15 is 0 Å². The Kier molecular flexibility index (Phi) is 10.5. The van der Waals surface area contributed by atoms with E-state index in [1.54, 1.807) is 0 Å². The van der Waals surface area contributed by atoms with Gasteiger partial charge < -0.3 is 19.1 Å². The molecule has 8 rings (SSSR count). The maximum Gasteiger partial charge on any atom is 0.135 e. The van der Waals surface area contributed by atoms with Crippen LogP contribution in [0, 0.1) is 18.8 Å². The van der Waals surface area contributed by atoms with Crippen LogP contribution >= 0.6 is 0 Å². The minimum Gasteiger partial charge on any atom is -0.509 e. The zero-order valence-corrected chi connectivity index (χ0v) is 38.3. The van der Waals surface area contributed by atoms with Crippen molar-refractivity contribution in [1.29, 1.82) is 0 Å². The van der Waals surface area contributed by atoms with Gasteiger partial charge in [-0.25, -0.2) is 4.98 Å². The molecule has 0 amide bonds. The van der Waals surface area contributed by atoms with Crippen LogP contribution in [0.15, 0.2) is 109 Å². The van der Waals surface area contributed by atoms with E-state index < -0.39 is 0 Å². The Morgan fingerprint density at radius 3 is 1.84 bits per heavy atom. The van der Waals surface area contributed by atoms with Gasteiger partial charge in [0.2, 0.25) is 0 Å². The maximum atomic E-state index is 6.66. The minimum atomic E-state index is -0.0268. The molecule has 7 aromatic rings. The number of hydrogen-bond acceptors (Lipinski definition) is 4. The molecule has 5 nitrogen and oxygen atoms in total. The second kappa shape index (κ2) is 14.8. The monoisotopic (exact) mass is 946 g/mol. The number of aromatic nitrogens is 2. The minimum absolute atomic E-state index is 0. The van der Waals surface area contributed by atoms with Gasteiger partial charge in [-0.05, 0) is 91.8 Å². The Labute approximate surface area is 360 Å². The number of rotatable bonds is 5. The fraction of sp³-hybridized carbons (Fsp3) is 0.308. The van der Waals surface area contributed by atoms with Gasteiger partial charge in [0.1, 0.15) is 5.82 Å². The molecular weight excluding hydrogens is 892 g/mol. The van der Waals surface area contributed by atoms with E-state index in [-0.39, 0.29) is 42.7 Å². The predicted molar refractivity (Wildman–Crippen MR) is 239 cm³/mol. The van der Waals surface area contributed by atoms with Gasteiger partial charge in [-0.1, -0.05) is 119 Å². The standard InChI is InChI=1S/C52H55N4O.Pt/c1-49(2,3)34-15-13-16-38(27-34)54-33-55(47-29-36(51(7,8)9)20-24-44(47)54)39-17-14-18-40(31-39)57-41-21-23-43-42-22-19-35(50(4,5)6)28-45(42)56(46(43)32-41)48-30-37(25-26-53-48)52(10,11)12;/h13-30,33H,1-12H3;/q-3;. The van der Waals surface area contributed by atoms with Gasteiger partial charge in [-0.3, -0.25) is 0 Å². The van der Waals surface area contributed by atoms with Crippen molar-refractivity contribution in [3.8, 4) is 17.3 Å². The van der Waals surface area contributed by atoms with Crippen LogP contribution in [0.5, 0.6) is 11.5 Å². The molecular formula is C52H55N4OPt-3. The number of pyridine rings is 1. The third kappa shape index (κ3) is 7.83. The van der Waals surface area contributed by atoms with Crippen molar-refractivity contribution in [2.24, 2.45) is 0 Å². The van der Waals surface area contributed by atoms with Gasteiger partial charge in [-0.2, -0.15) is 12.1 Å². The van der Waals surface area contributed by atoms with Crippen molar-refractivity contribution >= 4 is 44.6 Å². The Hall–Kier alpha value is -4.86. The number of benzene rings is 5. The fourth-order valence-electron chi connectivity index (χ4n) is 7.59. The van der Waals surface area contributed by atoms with E-state index in [9.17, 15) is 0 Å². The van der Waals surface area contributed by atoms with E-state index in [0.29, 0.717) is 11.5 Å². The molecule has 0 unspecified atom stereocenters. The molecule has 0 fully saturated rings. The smallest absolute Gasteiger partial charge is 0.135 e. The molecule has 0 spiro atoms. The number of hydrogen-bond donors (Lipinski definition) is 0. The van der Waals surface area contributed by atoms with E-state index in [1.807, 2.05) is 24.4 Å². The summed E-state index contributed by atoms with van der Waals surface area (Å²) in [6.07, 6.45) is 1.92. The molecule has 0 aliphatic carbocycles. The SMILES string of the molecule is CC(C)(C)c1cccc(N2[CH-]N(c3[c-]c(Oc4[c-]c5c(cc4)c4ccc(C(C)(C)C)cc4n5-c4cc(C(C)(C)C)ccn4)ccc3)c3cc(C(C)(C)C)ccc32)c1.[Pt]. The zero-order chi connectivity index (χ0) is 40.7. The second-order valence-corrected chi connectivity index (χ2v) is 19.7. The molecule has 0 N–H and O–H groups in total. The third-order valence-electron chi connectivity index (χ3n) is 11.2. The molecule has 0 radical (unpaired) electrons. The van der Waals surface area contributed by atoms with Crippen LogP contribution in [0.25, 0.3) is 27.6 Å². The fourth-order valence-corrected chi connectivity index (χ4v) is 7.59. The summed E-state index contributed by atoms with van der Waals surface area (Å²) in [7, 11) is 0. The van der Waals surface area contributed by atoms with Crippen molar-refractivity contribution in [2.75, 3.05) is 9.80 Å². The normalized spacial score (nSPS) is 13.6. The largest absolute Gasteiger partial charge is 0.509 e. The van der Waals surface area contributed by atoms with Crippen molar-refractivity contribution in [3.05, 3.63) is 150 Å². The number of fused-ring (bicyclic) bond motifs is 4. The molecule has 5 aromatic carbocycles. The van der Waals surface area contributed by atoms with Crippen molar-refractivity contribution in [3.63, 3.8) is 0 Å². The summed E-state index contributed by atoms with van der Waals surface area (Å²) >= 11 is 0. The van der Waals surface area contributed by atoms with E-state index in [1.165, 1.54) is 22.3 Å². The molecule has 0 atom stereocenters. The second-order valence-electron chi connectivity index (χ2n) is 19.7. The first kappa shape index (κ1) is 41.3. The summed E-state index contributed by atoms with van der Waals surface area (Å²) < 4.78 is 8.91. The molecule has 58 heavy (non-hydrogen) atoms. The van der Waals surface area contributed by atoms with Crippen LogP contribution in [0.4, 0.5) is 22.7 Å². The molecule has 302 valence electrons. The van der Waals surface area contributed by atoms with Gasteiger partial charge >= 0.3 is 0 Å². The van der Waals surface area contributed by atoms with Gasteiger partial charge in [0.05, 0.1) is 0 Å². The zero-order valence-electron chi connectivity index (χ0n) is 36.0. The average Bonchev–Trinajstić information content (AvgIpc) is 3.69. The van der Waals surface area contributed by atoms with Crippen LogP contribution in [-0.2, 0) is 42.7 Å². The van der Waals surface area contributed by atoms with Crippen LogP contribution in [0.2, 0.25) is 0 Å². The molecule has 3 heterocycles. The molecule has 6 heteroatoms. The Morgan fingerprint density at radius 1 is 0.534 bits per heavy atom. The maximum absolute atomic E-state index is 6.66. The van der Waals surface area contributed by atoms with Gasteiger partial charge in [0.15, 0.2) is 0 Å². The molecule has 0 bridgehead atoms. The summed E-state index contributed by atoms with van der Waals surface area (Å²) in [4.78, 5) is 9.44. The first-order valence-corrected chi connectivity index (χ1v) is 20.1. The van der Waals surface area contributed by atoms with Gasteiger partial charge in [0, 0.05) is 61.3 Å². The van der Waals surface area contributed by atoms with Crippen molar-refractivity contribution in [2.45, 2.75) is 105 Å². The quantitative estimate of drug-likeness (QED) is 0.161. The first-order chi connectivity index (χ1) is 26.8. The van der Waals surface area contributed by atoms with E-state index in [0.717, 1.165) is 50.4 Å². The summed E-state index contributed by atoms with van der Waals surface area (Å²) in [6, 6.07) is 44.3. The van der Waals surface area contributed by atoms with Crippen LogP contribution in [0.3, 0.4) is 0 Å². The predicted octanol–water partition coefficient (Wildman–Crippen LogP) is 14.2. The van der Waals surface area contributed by atoms with Crippen LogP contribution < -0.4 is 14.5 Å². The summed E-state index contributed by atoms with van der Waals surface area (Å²) in [6.45, 7) is 29.2. The van der Waals surface area contributed by atoms with Crippen LogP contribution in [-0.4, -0.2) is 9.55 Å². The Morgan fingerprint density at radius 2 is 1.14 bits per heavy atom. The van der Waals surface area contributed by atoms with Gasteiger partial charge in [0.25, 0.3) is 0 Å². The van der Waals surface area contributed by atoms with E-state index in [2.05, 4.69) is 201 Å². The van der Waals surface area contributed by atoms with Crippen molar-refractivity contribution < 1.29 is 25.8 Å². The average molecular weight is 947 g/mol. The van der Waals surface area contributed by atoms with Crippen LogP contribution in [0.1, 0.15) is 105 Å². The molecule has 0 saturated heterocycles.